The van der Waals surface area contributed by atoms with Crippen LogP contribution in [0.3, 0.4) is 0 Å². The molecule has 0 radical (unpaired) electrons. The van der Waals surface area contributed by atoms with Gasteiger partial charge in [-0.15, -0.1) is 0 Å². The lowest BCUT2D eigenvalue weighted by Gasteiger charge is -2.29. The smallest absolute Gasteiger partial charge is 0.124 e. The van der Waals surface area contributed by atoms with Gasteiger partial charge in [0.25, 0.3) is 0 Å². The third kappa shape index (κ3) is 0.945. The quantitative estimate of drug-likeness (QED) is 0.450. The highest BCUT2D eigenvalue weighted by Crippen LogP contribution is 2.24. The second kappa shape index (κ2) is 2.55. The van der Waals surface area contributed by atoms with Gasteiger partial charge in [-0.1, -0.05) is 0 Å². The largest absolute Gasteiger partial charge is 0.388 e. The Hall–Kier alpha value is -0.910. The second-order valence-corrected chi connectivity index (χ2v) is 2.97. The van der Waals surface area contributed by atoms with Gasteiger partial charge >= 0.3 is 0 Å². The first-order valence-corrected chi connectivity index (χ1v) is 3.74. The predicted molar refractivity (Wildman–Crippen MR) is 39.2 cm³/mol. The molecule has 0 aliphatic carbocycles. The van der Waals surface area contributed by atoms with Crippen LogP contribution in [0.25, 0.3) is 0 Å². The van der Waals surface area contributed by atoms with Crippen molar-refractivity contribution in [2.75, 3.05) is 0 Å². The number of aromatic nitrogens is 2. The maximum absolute atomic E-state index is 9.42. The summed E-state index contributed by atoms with van der Waals surface area (Å²) in [5.41, 5.74) is 0.549. The van der Waals surface area contributed by atoms with Crippen molar-refractivity contribution in [1.29, 1.82) is 0 Å². The number of hydrogen-bond donors (Lipinski definition) is 3. The lowest BCUT2D eigenvalue weighted by atomic mass is 10.0. The molecule has 1 aliphatic rings. The molecule has 1 aromatic rings. The molecule has 1 aromatic heterocycles. The van der Waals surface area contributed by atoms with E-state index >= 15 is 0 Å². The lowest BCUT2D eigenvalue weighted by molar-refractivity contribution is -0.0834. The van der Waals surface area contributed by atoms with Crippen molar-refractivity contribution in [3.8, 4) is 0 Å². The van der Waals surface area contributed by atoms with Crippen molar-refractivity contribution in [2.45, 2.75) is 24.9 Å². The van der Waals surface area contributed by atoms with E-state index in [0.717, 1.165) is 0 Å². The zero-order chi connectivity index (χ0) is 8.72. The van der Waals surface area contributed by atoms with Crippen LogP contribution in [-0.2, 0) is 6.54 Å². The average Bonchev–Trinajstić information content (AvgIpc) is 2.48. The number of hydrogen-bond acceptors (Lipinski definition) is 4. The van der Waals surface area contributed by atoms with E-state index in [1.54, 1.807) is 4.57 Å². The first-order chi connectivity index (χ1) is 5.70. The van der Waals surface area contributed by atoms with Crippen LogP contribution < -0.4 is 0 Å². The van der Waals surface area contributed by atoms with E-state index in [4.69, 9.17) is 0 Å². The molecule has 0 saturated carbocycles. The summed E-state index contributed by atoms with van der Waals surface area (Å²) in [6.45, 7) is 0.285. The molecule has 2 heterocycles. The number of aliphatic hydroxyl groups excluding tert-OH is 3. The van der Waals surface area contributed by atoms with Gasteiger partial charge in [0.1, 0.15) is 18.3 Å². The summed E-state index contributed by atoms with van der Waals surface area (Å²) in [5, 5.41) is 27.9. The molecule has 0 amide bonds. The van der Waals surface area contributed by atoms with Gasteiger partial charge in [0.05, 0.1) is 24.8 Å². The zero-order valence-corrected chi connectivity index (χ0v) is 6.33. The van der Waals surface area contributed by atoms with E-state index in [1.165, 1.54) is 12.5 Å². The Bertz CT molecular complexity index is 286. The Kier molecular flexibility index (Phi) is 1.64. The number of nitrogens with zero attached hydrogens (tertiary/aromatic N) is 2. The Morgan fingerprint density at radius 1 is 1.42 bits per heavy atom. The number of rotatable bonds is 0. The van der Waals surface area contributed by atoms with Crippen molar-refractivity contribution in [2.24, 2.45) is 0 Å². The van der Waals surface area contributed by atoms with Crippen LogP contribution in [0.2, 0.25) is 0 Å². The van der Waals surface area contributed by atoms with Gasteiger partial charge in [-0.25, -0.2) is 4.98 Å². The highest BCUT2D eigenvalue weighted by atomic mass is 16.4. The van der Waals surface area contributed by atoms with Crippen molar-refractivity contribution in [3.05, 3.63) is 18.2 Å². The van der Waals surface area contributed by atoms with Crippen LogP contribution >= 0.6 is 0 Å². The molecule has 5 nitrogen and oxygen atoms in total. The highest BCUT2D eigenvalue weighted by Gasteiger charge is 2.33. The molecule has 0 fully saturated rings. The van der Waals surface area contributed by atoms with E-state index in [0.29, 0.717) is 5.69 Å². The molecule has 0 unspecified atom stereocenters. The van der Waals surface area contributed by atoms with Crippen LogP contribution in [0, 0.1) is 0 Å². The number of fused-ring (bicyclic) bond motifs is 1. The molecule has 5 heteroatoms. The molecule has 0 aromatic carbocycles. The molecule has 66 valence electrons. The summed E-state index contributed by atoms with van der Waals surface area (Å²) in [6, 6.07) is 0. The molecular weight excluding hydrogens is 160 g/mol. The van der Waals surface area contributed by atoms with Crippen LogP contribution in [0.1, 0.15) is 11.8 Å². The Balaban J connectivity index is 2.39. The summed E-state index contributed by atoms with van der Waals surface area (Å²) >= 11 is 0. The molecule has 0 bridgehead atoms. The van der Waals surface area contributed by atoms with Crippen molar-refractivity contribution in [1.82, 2.24) is 9.55 Å². The third-order valence-electron chi connectivity index (χ3n) is 2.15. The minimum absolute atomic E-state index is 0.285. The summed E-state index contributed by atoms with van der Waals surface area (Å²) in [7, 11) is 0. The standard InChI is InChI=1S/C7H10N2O3/c10-5-2-9-3-8-1-4(9)6(11)7(5)12/h1,3,5-7,10-12H,2H2/t5-,6+,7+/m1/s1. The zero-order valence-electron chi connectivity index (χ0n) is 6.33. The molecule has 0 spiro atoms. The SMILES string of the molecule is O[C@H]1[C@H](O)Cn2cncc2[C@@H]1O. The highest BCUT2D eigenvalue weighted by molar-refractivity contribution is 5.09. The van der Waals surface area contributed by atoms with Gasteiger partial charge in [0.15, 0.2) is 0 Å². The van der Waals surface area contributed by atoms with Crippen LogP contribution in [-0.4, -0.2) is 37.1 Å². The van der Waals surface area contributed by atoms with E-state index in [1.807, 2.05) is 0 Å². The lowest BCUT2D eigenvalue weighted by Crippen LogP contribution is -2.40. The monoisotopic (exact) mass is 170 g/mol. The third-order valence-corrected chi connectivity index (χ3v) is 2.15. The van der Waals surface area contributed by atoms with Crippen molar-refractivity contribution in [3.63, 3.8) is 0 Å². The van der Waals surface area contributed by atoms with Crippen molar-refractivity contribution < 1.29 is 15.3 Å². The van der Waals surface area contributed by atoms with Gasteiger partial charge in [0, 0.05) is 0 Å². The minimum atomic E-state index is -1.10. The molecule has 2 rings (SSSR count). The van der Waals surface area contributed by atoms with Crippen LogP contribution in [0.4, 0.5) is 0 Å². The van der Waals surface area contributed by atoms with Gasteiger partial charge in [-0.2, -0.15) is 0 Å². The van der Waals surface area contributed by atoms with E-state index < -0.39 is 18.3 Å². The van der Waals surface area contributed by atoms with Gasteiger partial charge in [0.2, 0.25) is 0 Å². The number of imidazole rings is 1. The van der Waals surface area contributed by atoms with E-state index in [-0.39, 0.29) is 6.54 Å². The predicted octanol–water partition coefficient (Wildman–Crippen LogP) is -1.35. The van der Waals surface area contributed by atoms with Gasteiger partial charge in [-0.05, 0) is 0 Å². The molecule has 12 heavy (non-hydrogen) atoms. The average molecular weight is 170 g/mol. The molecule has 0 saturated heterocycles. The molecular formula is C7H10N2O3. The second-order valence-electron chi connectivity index (χ2n) is 2.97. The van der Waals surface area contributed by atoms with Crippen LogP contribution in [0.5, 0.6) is 0 Å². The summed E-state index contributed by atoms with van der Waals surface area (Å²) in [6.07, 6.45) is -0.0416. The van der Waals surface area contributed by atoms with E-state index in [2.05, 4.69) is 4.98 Å². The van der Waals surface area contributed by atoms with E-state index in [9.17, 15) is 15.3 Å². The summed E-state index contributed by atoms with van der Waals surface area (Å²) in [5.74, 6) is 0. The van der Waals surface area contributed by atoms with Gasteiger partial charge in [-0.3, -0.25) is 0 Å². The molecule has 1 aliphatic heterocycles. The Morgan fingerprint density at radius 2 is 2.17 bits per heavy atom. The maximum Gasteiger partial charge on any atom is 0.124 e. The molecule has 3 N–H and O–H groups in total. The topological polar surface area (TPSA) is 78.5 Å². The van der Waals surface area contributed by atoms with Crippen molar-refractivity contribution >= 4 is 0 Å². The fourth-order valence-corrected chi connectivity index (χ4v) is 1.42. The maximum atomic E-state index is 9.42. The normalized spacial score (nSPS) is 34.8. The minimum Gasteiger partial charge on any atom is -0.388 e. The Morgan fingerprint density at radius 3 is 2.92 bits per heavy atom. The summed E-state index contributed by atoms with van der Waals surface area (Å²) < 4.78 is 1.63. The Labute approximate surface area is 68.9 Å². The first kappa shape index (κ1) is 7.72. The fourth-order valence-electron chi connectivity index (χ4n) is 1.42. The summed E-state index contributed by atoms with van der Waals surface area (Å²) in [4.78, 5) is 3.80. The fraction of sp³-hybridized carbons (Fsp3) is 0.571. The van der Waals surface area contributed by atoms with Crippen LogP contribution in [0.15, 0.2) is 12.5 Å². The molecule has 3 atom stereocenters. The van der Waals surface area contributed by atoms with Gasteiger partial charge < -0.3 is 19.9 Å². The first-order valence-electron chi connectivity index (χ1n) is 3.74. The number of aliphatic hydroxyl groups is 3.